The number of fused-ring (bicyclic) bond motifs is 2. The zero-order chi connectivity index (χ0) is 28.6. The van der Waals surface area contributed by atoms with Crippen molar-refractivity contribution < 1.29 is 9.18 Å². The van der Waals surface area contributed by atoms with Crippen molar-refractivity contribution in [2.75, 3.05) is 10.6 Å². The fourth-order valence-corrected chi connectivity index (χ4v) is 5.98. The molecule has 9 heteroatoms. The molecule has 2 aromatic carbocycles. The Morgan fingerprint density at radius 3 is 2.69 bits per heavy atom. The Kier molecular flexibility index (Phi) is 6.54. The van der Waals surface area contributed by atoms with Crippen molar-refractivity contribution in [2.24, 2.45) is 10.9 Å². The van der Waals surface area contributed by atoms with E-state index >= 15 is 0 Å². The number of aromatic amines is 1. The number of hydrogen-bond donors (Lipinski definition) is 3. The number of benzene rings is 2. The zero-order valence-electron chi connectivity index (χ0n) is 22.8. The van der Waals surface area contributed by atoms with Crippen molar-refractivity contribution >= 4 is 40.6 Å². The summed E-state index contributed by atoms with van der Waals surface area (Å²) >= 11 is 0. The molecule has 1 amide bonds. The first-order valence-corrected chi connectivity index (χ1v) is 14.0. The van der Waals surface area contributed by atoms with E-state index in [1.807, 2.05) is 42.5 Å². The Balaban J connectivity index is 1.23. The maximum atomic E-state index is 14.8. The fraction of sp³-hybridized carbons (Fsp3) is 0.182. The maximum absolute atomic E-state index is 14.8. The van der Waals surface area contributed by atoms with Gasteiger partial charge < -0.3 is 10.6 Å². The second-order valence-electron chi connectivity index (χ2n) is 10.7. The number of nitrogens with one attached hydrogen (secondary N) is 3. The third-order valence-corrected chi connectivity index (χ3v) is 8.09. The van der Waals surface area contributed by atoms with Crippen LogP contribution in [0.4, 0.5) is 15.8 Å². The Hall–Kier alpha value is -5.18. The summed E-state index contributed by atoms with van der Waals surface area (Å²) < 4.78 is 14.8. The highest BCUT2D eigenvalue weighted by atomic mass is 19.1. The van der Waals surface area contributed by atoms with E-state index in [0.717, 1.165) is 64.7 Å². The molecule has 1 fully saturated rings. The van der Waals surface area contributed by atoms with E-state index < -0.39 is 6.04 Å². The molecule has 0 bridgehead atoms. The average Bonchev–Trinajstić information content (AvgIpc) is 3.71. The van der Waals surface area contributed by atoms with Gasteiger partial charge >= 0.3 is 0 Å². The Labute approximate surface area is 241 Å². The lowest BCUT2D eigenvalue weighted by atomic mass is 9.90. The summed E-state index contributed by atoms with van der Waals surface area (Å²) in [4.78, 5) is 26.0. The molecule has 1 unspecified atom stereocenters. The Bertz CT molecular complexity index is 1870. The van der Waals surface area contributed by atoms with Crippen LogP contribution < -0.4 is 10.6 Å². The van der Waals surface area contributed by atoms with Crippen LogP contribution in [0, 0.1) is 11.7 Å². The lowest BCUT2D eigenvalue weighted by molar-refractivity contribution is -0.119. The summed E-state index contributed by atoms with van der Waals surface area (Å²) in [5, 5.41) is 15.0. The number of hydrogen-bond acceptors (Lipinski definition) is 6. The van der Waals surface area contributed by atoms with Crippen LogP contribution in [0.15, 0.2) is 84.3 Å². The summed E-state index contributed by atoms with van der Waals surface area (Å²) in [5.41, 5.74) is 7.29. The van der Waals surface area contributed by atoms with Crippen molar-refractivity contribution in [1.82, 2.24) is 20.2 Å². The summed E-state index contributed by atoms with van der Waals surface area (Å²) in [6, 6.07) is 15.9. The second kappa shape index (κ2) is 10.7. The maximum Gasteiger partial charge on any atom is 0.227 e. The molecular formula is C33H28FN7O. The molecule has 1 aliphatic carbocycles. The van der Waals surface area contributed by atoms with E-state index in [1.54, 1.807) is 30.7 Å². The third kappa shape index (κ3) is 4.62. The van der Waals surface area contributed by atoms with Crippen molar-refractivity contribution in [3.8, 4) is 22.4 Å². The van der Waals surface area contributed by atoms with E-state index in [4.69, 9.17) is 0 Å². The molecule has 4 heterocycles. The molecule has 8 nitrogen and oxygen atoms in total. The number of halogens is 1. The minimum absolute atomic E-state index is 0.0473. The van der Waals surface area contributed by atoms with Gasteiger partial charge in [-0.3, -0.25) is 24.9 Å². The quantitative estimate of drug-likeness (QED) is 0.192. The molecule has 0 saturated heterocycles. The fourth-order valence-electron chi connectivity index (χ4n) is 5.98. The normalized spacial score (nSPS) is 16.5. The number of pyridine rings is 2. The van der Waals surface area contributed by atoms with E-state index in [1.165, 1.54) is 6.07 Å². The van der Waals surface area contributed by atoms with Gasteiger partial charge in [-0.1, -0.05) is 43.2 Å². The highest BCUT2D eigenvalue weighted by Crippen LogP contribution is 2.43. The van der Waals surface area contributed by atoms with Gasteiger partial charge in [0.1, 0.15) is 11.5 Å². The van der Waals surface area contributed by atoms with Gasteiger partial charge in [-0.2, -0.15) is 5.10 Å². The number of carbonyl (C=O) groups excluding carboxylic acids is 1. The van der Waals surface area contributed by atoms with Gasteiger partial charge in [0, 0.05) is 39.9 Å². The van der Waals surface area contributed by atoms with Gasteiger partial charge in [0.05, 0.1) is 41.0 Å². The molecule has 3 N–H and O–H groups in total. The number of carbonyl (C=O) groups is 1. The van der Waals surface area contributed by atoms with E-state index in [-0.39, 0.29) is 17.6 Å². The van der Waals surface area contributed by atoms with Crippen LogP contribution in [-0.2, 0) is 4.79 Å². The second-order valence-corrected chi connectivity index (χ2v) is 10.7. The van der Waals surface area contributed by atoms with Crippen LogP contribution in [0.1, 0.15) is 43.0 Å². The molecule has 208 valence electrons. The van der Waals surface area contributed by atoms with Crippen molar-refractivity contribution in [1.29, 1.82) is 0 Å². The average molecular weight is 558 g/mol. The molecule has 1 saturated carbocycles. The first-order chi connectivity index (χ1) is 20.6. The molecule has 0 spiro atoms. The van der Waals surface area contributed by atoms with E-state index in [0.29, 0.717) is 22.6 Å². The monoisotopic (exact) mass is 557 g/mol. The van der Waals surface area contributed by atoms with Gasteiger partial charge in [-0.15, -0.1) is 0 Å². The predicted octanol–water partition coefficient (Wildman–Crippen LogP) is 7.16. The third-order valence-electron chi connectivity index (χ3n) is 8.09. The predicted molar refractivity (Wildman–Crippen MR) is 163 cm³/mol. The van der Waals surface area contributed by atoms with Crippen LogP contribution in [0.5, 0.6) is 0 Å². The lowest BCUT2D eigenvalue weighted by Gasteiger charge is -2.26. The minimum Gasteiger partial charge on any atom is -0.354 e. The van der Waals surface area contributed by atoms with E-state index in [9.17, 15) is 9.18 Å². The molecule has 1 aliphatic heterocycles. The SMILES string of the molecule is C=NC1C=C(c2n[nH]c3cnc(-c4cncc(NC(=O)C5CCCC5)c4)cc23)Nc2cccc(-c3ccccc3F)c21. The molecular weight excluding hydrogens is 529 g/mol. The first-order valence-electron chi connectivity index (χ1n) is 14.0. The smallest absolute Gasteiger partial charge is 0.227 e. The summed E-state index contributed by atoms with van der Waals surface area (Å²) in [6.07, 6.45) is 11.1. The lowest BCUT2D eigenvalue weighted by Crippen LogP contribution is -2.20. The van der Waals surface area contributed by atoms with Crippen LogP contribution in [0.2, 0.25) is 0 Å². The van der Waals surface area contributed by atoms with Crippen LogP contribution >= 0.6 is 0 Å². The Morgan fingerprint density at radius 1 is 1.02 bits per heavy atom. The molecule has 42 heavy (non-hydrogen) atoms. The van der Waals surface area contributed by atoms with Crippen molar-refractivity contribution in [2.45, 2.75) is 31.7 Å². The molecule has 3 aromatic heterocycles. The molecule has 7 rings (SSSR count). The van der Waals surface area contributed by atoms with Gasteiger partial charge in [-0.25, -0.2) is 4.39 Å². The van der Waals surface area contributed by atoms with Crippen LogP contribution in [0.3, 0.4) is 0 Å². The first kappa shape index (κ1) is 25.8. The summed E-state index contributed by atoms with van der Waals surface area (Å²) in [6.45, 7) is 3.83. The molecule has 0 radical (unpaired) electrons. The number of anilines is 2. The number of nitrogens with zero attached hydrogens (tertiary/aromatic N) is 4. The van der Waals surface area contributed by atoms with Crippen LogP contribution in [0.25, 0.3) is 39.0 Å². The summed E-state index contributed by atoms with van der Waals surface area (Å²) in [5.74, 6) is -0.181. The molecule has 5 aromatic rings. The number of H-pyrrole nitrogens is 1. The highest BCUT2D eigenvalue weighted by Gasteiger charge is 2.26. The summed E-state index contributed by atoms with van der Waals surface area (Å²) in [7, 11) is 0. The number of aromatic nitrogens is 4. The molecule has 2 aliphatic rings. The standard InChI is InChI=1S/C33H28FN7O/c1-35-28-15-29(39-26-12-6-10-23(31(26)28)22-9-4-5-11-25(22)34)32-24-14-27(37-18-30(24)40-41-32)20-13-21(17-36-16-20)38-33(42)19-7-2-3-8-19/h4-6,9-19,28,39H,1-3,7-8H2,(H,38,42)(H,40,41). The highest BCUT2D eigenvalue weighted by molar-refractivity contribution is 5.97. The zero-order valence-corrected chi connectivity index (χ0v) is 22.8. The number of rotatable bonds is 6. The van der Waals surface area contributed by atoms with E-state index in [2.05, 4.69) is 42.5 Å². The van der Waals surface area contributed by atoms with Crippen molar-refractivity contribution in [3.05, 3.63) is 96.3 Å². The minimum atomic E-state index is -0.413. The largest absolute Gasteiger partial charge is 0.354 e. The number of aliphatic imine (C=N–C) groups is 1. The molecule has 1 atom stereocenters. The van der Waals surface area contributed by atoms with Crippen LogP contribution in [-0.4, -0.2) is 32.8 Å². The topological polar surface area (TPSA) is 108 Å². The van der Waals surface area contributed by atoms with Gasteiger partial charge in [0.2, 0.25) is 5.91 Å². The van der Waals surface area contributed by atoms with Crippen molar-refractivity contribution in [3.63, 3.8) is 0 Å². The Morgan fingerprint density at radius 2 is 1.86 bits per heavy atom. The van der Waals surface area contributed by atoms with Gasteiger partial charge in [-0.05, 0) is 55.5 Å². The number of amides is 1. The van der Waals surface area contributed by atoms with Gasteiger partial charge in [0.25, 0.3) is 0 Å². The van der Waals surface area contributed by atoms with Gasteiger partial charge in [0.15, 0.2) is 0 Å².